The van der Waals surface area contributed by atoms with Crippen molar-refractivity contribution in [2.24, 2.45) is 0 Å². The van der Waals surface area contributed by atoms with Gasteiger partial charge in [-0.05, 0) is 96.8 Å². The predicted molar refractivity (Wildman–Crippen MR) is 160 cm³/mol. The first-order valence-electron chi connectivity index (χ1n) is 14.3. The van der Waals surface area contributed by atoms with Crippen LogP contribution in [0.2, 0.25) is 0 Å². The van der Waals surface area contributed by atoms with E-state index < -0.39 is 12.1 Å². The van der Waals surface area contributed by atoms with Crippen molar-refractivity contribution in [3.8, 4) is 23.3 Å². The van der Waals surface area contributed by atoms with Crippen LogP contribution in [0.4, 0.5) is 0 Å². The van der Waals surface area contributed by atoms with Gasteiger partial charge in [0.25, 0.3) is 0 Å². The summed E-state index contributed by atoms with van der Waals surface area (Å²) in [5, 5.41) is 9.12. The second-order valence-corrected chi connectivity index (χ2v) is 10.6. The van der Waals surface area contributed by atoms with Crippen LogP contribution in [0, 0.1) is 18.8 Å². The van der Waals surface area contributed by atoms with Crippen molar-refractivity contribution in [2.45, 2.75) is 38.7 Å². The van der Waals surface area contributed by atoms with E-state index in [9.17, 15) is 4.79 Å². The maximum absolute atomic E-state index is 11.1. The first-order valence-corrected chi connectivity index (χ1v) is 14.3. The van der Waals surface area contributed by atoms with E-state index in [1.807, 2.05) is 13.0 Å². The molecule has 1 atom stereocenters. The number of hydrogen-bond donors (Lipinski definition) is 1. The van der Waals surface area contributed by atoms with Crippen LogP contribution in [0.25, 0.3) is 5.57 Å². The predicted octanol–water partition coefficient (Wildman–Crippen LogP) is 5.92. The fourth-order valence-corrected chi connectivity index (χ4v) is 4.81. The largest absolute Gasteiger partial charge is 0.489 e. The second kappa shape index (κ2) is 13.5. The fraction of sp³-hybridized carbons (Fsp3) is 0.343. The molecule has 1 saturated heterocycles. The summed E-state index contributed by atoms with van der Waals surface area (Å²) in [4.78, 5) is 13.4. The van der Waals surface area contributed by atoms with Crippen molar-refractivity contribution in [1.82, 2.24) is 4.90 Å². The Morgan fingerprint density at radius 2 is 1.73 bits per heavy atom. The fourth-order valence-electron chi connectivity index (χ4n) is 4.81. The molecule has 1 aliphatic carbocycles. The number of benzene rings is 3. The standard InChI is InChI=1S/C35H37NO5/c1-25-24-32(15-16-34(25)41-26(2)35(37)38)40-21-17-33(31-13-11-29(12-14-31)28-9-10-28)30-7-5-27(6-8-30)4-3-18-36-19-22-39-23-20-36/h5-8,11-17,24,26,28H,9-10,18-23H2,1-2H3,(H,37,38). The van der Waals surface area contributed by atoms with Crippen molar-refractivity contribution in [3.63, 3.8) is 0 Å². The molecule has 3 aromatic carbocycles. The Bertz CT molecular complexity index is 1420. The van der Waals surface area contributed by atoms with Crippen molar-refractivity contribution in [3.05, 3.63) is 101 Å². The highest BCUT2D eigenvalue weighted by atomic mass is 16.5. The number of ether oxygens (including phenoxy) is 3. The average molecular weight is 552 g/mol. The minimum absolute atomic E-state index is 0.381. The van der Waals surface area contributed by atoms with Crippen LogP contribution in [-0.4, -0.2) is 61.5 Å². The molecule has 5 rings (SSSR count). The number of carboxylic acid groups (broad SMARTS) is 1. The van der Waals surface area contributed by atoms with Crippen LogP contribution < -0.4 is 9.47 Å². The number of morpholine rings is 1. The van der Waals surface area contributed by atoms with E-state index in [-0.39, 0.29) is 0 Å². The smallest absolute Gasteiger partial charge is 0.344 e. The molecule has 6 nitrogen and oxygen atoms in total. The van der Waals surface area contributed by atoms with Gasteiger partial charge in [-0.25, -0.2) is 4.79 Å². The molecular formula is C35H37NO5. The third-order valence-electron chi connectivity index (χ3n) is 7.44. The molecule has 0 aromatic heterocycles. The summed E-state index contributed by atoms with van der Waals surface area (Å²) in [6.07, 6.45) is 3.75. The summed E-state index contributed by atoms with van der Waals surface area (Å²) in [5.74, 6) is 7.54. The summed E-state index contributed by atoms with van der Waals surface area (Å²) in [5.41, 5.74) is 6.58. The maximum atomic E-state index is 11.1. The van der Waals surface area contributed by atoms with E-state index in [0.29, 0.717) is 24.0 Å². The van der Waals surface area contributed by atoms with Gasteiger partial charge in [-0.2, -0.15) is 0 Å². The Morgan fingerprint density at radius 1 is 1.05 bits per heavy atom. The van der Waals surface area contributed by atoms with Crippen LogP contribution in [0.5, 0.6) is 11.5 Å². The van der Waals surface area contributed by atoms with Crippen molar-refractivity contribution in [2.75, 3.05) is 39.5 Å². The van der Waals surface area contributed by atoms with E-state index >= 15 is 0 Å². The van der Waals surface area contributed by atoms with E-state index in [0.717, 1.165) is 60.7 Å². The molecule has 1 heterocycles. The Kier molecular flexibility index (Phi) is 9.40. The van der Waals surface area contributed by atoms with Gasteiger partial charge in [0.1, 0.15) is 18.1 Å². The van der Waals surface area contributed by atoms with Crippen LogP contribution in [0.3, 0.4) is 0 Å². The van der Waals surface area contributed by atoms with Gasteiger partial charge in [-0.3, -0.25) is 4.90 Å². The van der Waals surface area contributed by atoms with Gasteiger partial charge in [0.2, 0.25) is 0 Å². The van der Waals surface area contributed by atoms with Gasteiger partial charge in [0.15, 0.2) is 6.10 Å². The summed E-state index contributed by atoms with van der Waals surface area (Å²) >= 11 is 0. The number of aliphatic carboxylic acids is 1. The summed E-state index contributed by atoms with van der Waals surface area (Å²) in [7, 11) is 0. The lowest BCUT2D eigenvalue weighted by Crippen LogP contribution is -2.36. The van der Waals surface area contributed by atoms with E-state index in [1.165, 1.54) is 25.3 Å². The minimum atomic E-state index is -0.999. The molecule has 0 amide bonds. The van der Waals surface area contributed by atoms with E-state index in [2.05, 4.69) is 71.3 Å². The van der Waals surface area contributed by atoms with Crippen LogP contribution in [-0.2, 0) is 9.53 Å². The second-order valence-electron chi connectivity index (χ2n) is 10.6. The summed E-state index contributed by atoms with van der Waals surface area (Å²) in [6.45, 7) is 7.96. The molecule has 1 saturated carbocycles. The molecular weight excluding hydrogens is 514 g/mol. The normalized spacial score (nSPS) is 16.4. The Balaban J connectivity index is 1.30. The van der Waals surface area contributed by atoms with Gasteiger partial charge in [0.05, 0.1) is 19.8 Å². The zero-order valence-electron chi connectivity index (χ0n) is 23.8. The highest BCUT2D eigenvalue weighted by Crippen LogP contribution is 2.40. The minimum Gasteiger partial charge on any atom is -0.489 e. The van der Waals surface area contributed by atoms with Gasteiger partial charge in [-0.1, -0.05) is 48.2 Å². The molecule has 0 bridgehead atoms. The number of carboxylic acids is 1. The number of nitrogens with zero attached hydrogens (tertiary/aromatic N) is 1. The van der Waals surface area contributed by atoms with Gasteiger partial charge in [0, 0.05) is 18.7 Å². The highest BCUT2D eigenvalue weighted by Gasteiger charge is 2.23. The Morgan fingerprint density at radius 3 is 2.37 bits per heavy atom. The molecule has 1 N–H and O–H groups in total. The summed E-state index contributed by atoms with van der Waals surface area (Å²) < 4.78 is 17.0. The molecule has 6 heteroatoms. The number of hydrogen-bond acceptors (Lipinski definition) is 5. The van der Waals surface area contributed by atoms with Crippen molar-refractivity contribution in [1.29, 1.82) is 0 Å². The number of rotatable bonds is 10. The molecule has 0 radical (unpaired) electrons. The molecule has 3 aromatic rings. The zero-order valence-corrected chi connectivity index (χ0v) is 23.8. The molecule has 2 aliphatic rings. The monoisotopic (exact) mass is 551 g/mol. The first kappa shape index (κ1) is 28.5. The topological polar surface area (TPSA) is 68.2 Å². The SMILES string of the molecule is Cc1cc(OCC=C(c2ccc(C#CCN3CCOCC3)cc2)c2ccc(C3CC3)cc2)ccc1OC(C)C(=O)O. The molecule has 1 aliphatic heterocycles. The van der Waals surface area contributed by atoms with Crippen molar-refractivity contribution < 1.29 is 24.1 Å². The highest BCUT2D eigenvalue weighted by molar-refractivity contribution is 5.80. The first-order chi connectivity index (χ1) is 20.0. The molecule has 212 valence electrons. The van der Waals surface area contributed by atoms with Crippen LogP contribution >= 0.6 is 0 Å². The molecule has 0 spiro atoms. The zero-order chi connectivity index (χ0) is 28.6. The Labute approximate surface area is 242 Å². The number of carbonyl (C=O) groups is 1. The Hall–Kier alpha value is -4.05. The molecule has 2 fully saturated rings. The lowest BCUT2D eigenvalue weighted by Gasteiger charge is -2.24. The van der Waals surface area contributed by atoms with Gasteiger partial charge < -0.3 is 19.3 Å². The molecule has 1 unspecified atom stereocenters. The lowest BCUT2D eigenvalue weighted by atomic mass is 9.95. The maximum Gasteiger partial charge on any atom is 0.344 e. The van der Waals surface area contributed by atoms with E-state index in [1.54, 1.807) is 12.1 Å². The van der Waals surface area contributed by atoms with Gasteiger partial charge in [-0.15, -0.1) is 0 Å². The lowest BCUT2D eigenvalue weighted by molar-refractivity contribution is -0.144. The summed E-state index contributed by atoms with van der Waals surface area (Å²) in [6, 6.07) is 22.7. The average Bonchev–Trinajstić information content (AvgIpc) is 3.84. The third kappa shape index (κ3) is 8.00. The third-order valence-corrected chi connectivity index (χ3v) is 7.44. The van der Waals surface area contributed by atoms with Crippen molar-refractivity contribution >= 4 is 11.5 Å². The van der Waals surface area contributed by atoms with Gasteiger partial charge >= 0.3 is 5.97 Å². The van der Waals surface area contributed by atoms with Crippen LogP contribution in [0.1, 0.15) is 53.5 Å². The quantitative estimate of drug-likeness (QED) is 0.316. The molecule has 41 heavy (non-hydrogen) atoms. The number of aryl methyl sites for hydroxylation is 1. The van der Waals surface area contributed by atoms with E-state index in [4.69, 9.17) is 19.3 Å². The van der Waals surface area contributed by atoms with Crippen LogP contribution in [0.15, 0.2) is 72.8 Å².